The molecule has 0 spiro atoms. The molecule has 1 fully saturated rings. The van der Waals surface area contributed by atoms with Gasteiger partial charge in [0.1, 0.15) is 12.1 Å². The summed E-state index contributed by atoms with van der Waals surface area (Å²) in [5.74, 6) is -0.491. The summed E-state index contributed by atoms with van der Waals surface area (Å²) < 4.78 is 51.6. The predicted molar refractivity (Wildman–Crippen MR) is 131 cm³/mol. The van der Waals surface area contributed by atoms with Gasteiger partial charge in [0.25, 0.3) is 5.91 Å². The largest absolute Gasteiger partial charge is 0.612 e. The molecule has 0 aliphatic carbocycles. The fourth-order valence-electron chi connectivity index (χ4n) is 4.10. The average molecular weight is 513 g/mol. The third-order valence-electron chi connectivity index (χ3n) is 6.00. The summed E-state index contributed by atoms with van der Waals surface area (Å²) in [7, 11) is -3.11. The third-order valence-corrected chi connectivity index (χ3v) is 8.55. The van der Waals surface area contributed by atoms with Gasteiger partial charge < -0.3 is 9.45 Å². The number of hydrogen-bond donors (Lipinski definition) is 0. The Morgan fingerprint density at radius 1 is 1.09 bits per heavy atom. The molecule has 0 N–H and O–H groups in total. The predicted octanol–water partition coefficient (Wildman–Crippen LogP) is 2.83. The Morgan fingerprint density at radius 3 is 2.43 bits per heavy atom. The molecule has 1 aliphatic rings. The van der Waals surface area contributed by atoms with E-state index in [1.165, 1.54) is 23.4 Å². The van der Waals surface area contributed by atoms with E-state index in [1.54, 1.807) is 53.4 Å². The smallest absolute Gasteiger partial charge is 0.253 e. The van der Waals surface area contributed by atoms with Crippen LogP contribution in [0, 0.1) is 5.82 Å². The number of sulfone groups is 1. The van der Waals surface area contributed by atoms with E-state index < -0.39 is 21.0 Å². The van der Waals surface area contributed by atoms with Crippen LogP contribution in [0.25, 0.3) is 28.0 Å². The second-order valence-electron chi connectivity index (χ2n) is 8.25. The zero-order chi connectivity index (χ0) is 24.7. The highest BCUT2D eigenvalue weighted by atomic mass is 32.2. The van der Waals surface area contributed by atoms with Crippen LogP contribution in [-0.2, 0) is 21.0 Å². The van der Waals surface area contributed by atoms with E-state index in [1.807, 2.05) is 0 Å². The number of aromatic nitrogens is 3. The molecule has 8 nitrogen and oxygen atoms in total. The quantitative estimate of drug-likeness (QED) is 0.389. The van der Waals surface area contributed by atoms with E-state index in [-0.39, 0.29) is 42.3 Å². The molecular formula is C24H21FN4O4S2. The first-order chi connectivity index (χ1) is 16.7. The molecule has 3 heterocycles. The summed E-state index contributed by atoms with van der Waals surface area (Å²) in [5, 5.41) is 0.686. The molecule has 1 amide bonds. The second-order valence-corrected chi connectivity index (χ2v) is 11.9. The topological polar surface area (TPSA) is 108 Å². The van der Waals surface area contributed by atoms with Crippen molar-refractivity contribution in [3.8, 4) is 17.1 Å². The Labute approximate surface area is 204 Å². The van der Waals surface area contributed by atoms with Gasteiger partial charge in [-0.2, -0.15) is 0 Å². The molecule has 35 heavy (non-hydrogen) atoms. The summed E-state index contributed by atoms with van der Waals surface area (Å²) in [6.45, 7) is 0.288. The Balaban J connectivity index is 1.54. The average Bonchev–Trinajstić information content (AvgIpc) is 3.23. The highest BCUT2D eigenvalue weighted by Gasteiger charge is 2.27. The maximum Gasteiger partial charge on any atom is 0.253 e. The molecule has 1 unspecified atom stereocenters. The van der Waals surface area contributed by atoms with Crippen molar-refractivity contribution in [2.24, 2.45) is 0 Å². The number of rotatable bonds is 4. The van der Waals surface area contributed by atoms with Crippen LogP contribution in [0.15, 0.2) is 66.0 Å². The van der Waals surface area contributed by atoms with E-state index >= 15 is 0 Å². The number of carbonyl (C=O) groups is 1. The zero-order valence-corrected chi connectivity index (χ0v) is 20.4. The van der Waals surface area contributed by atoms with E-state index in [4.69, 9.17) is 0 Å². The first kappa shape index (κ1) is 23.5. The maximum absolute atomic E-state index is 14.2. The maximum atomic E-state index is 14.2. The molecule has 2 aromatic carbocycles. The highest BCUT2D eigenvalue weighted by molar-refractivity contribution is 7.91. The second kappa shape index (κ2) is 9.06. The number of nitrogens with zero attached hydrogens (tertiary/aromatic N) is 4. The summed E-state index contributed by atoms with van der Waals surface area (Å²) in [4.78, 5) is 23.9. The minimum absolute atomic E-state index is 0.0570. The van der Waals surface area contributed by atoms with Crippen molar-refractivity contribution in [1.82, 2.24) is 19.4 Å². The van der Waals surface area contributed by atoms with Crippen molar-refractivity contribution in [2.75, 3.05) is 30.9 Å². The van der Waals surface area contributed by atoms with Gasteiger partial charge in [0.15, 0.2) is 14.7 Å². The third kappa shape index (κ3) is 4.54. The molecule has 5 rings (SSSR count). The van der Waals surface area contributed by atoms with Gasteiger partial charge in [-0.15, -0.1) is 0 Å². The lowest BCUT2D eigenvalue weighted by atomic mass is 10.1. The van der Waals surface area contributed by atoms with E-state index in [0.717, 1.165) is 0 Å². The lowest BCUT2D eigenvalue weighted by Gasteiger charge is -2.26. The van der Waals surface area contributed by atoms with Gasteiger partial charge in [-0.1, -0.05) is 18.2 Å². The van der Waals surface area contributed by atoms with Gasteiger partial charge in [0.05, 0.1) is 28.6 Å². The van der Waals surface area contributed by atoms with E-state index in [0.29, 0.717) is 32.5 Å². The number of halogens is 1. The fraction of sp³-hybridized carbons (Fsp3) is 0.208. The van der Waals surface area contributed by atoms with Crippen LogP contribution >= 0.6 is 0 Å². The monoisotopic (exact) mass is 512 g/mol. The lowest BCUT2D eigenvalue weighted by Crippen LogP contribution is -2.43. The molecule has 0 bridgehead atoms. The van der Waals surface area contributed by atoms with Gasteiger partial charge in [-0.3, -0.25) is 9.36 Å². The van der Waals surface area contributed by atoms with Gasteiger partial charge in [-0.05, 0) is 35.4 Å². The van der Waals surface area contributed by atoms with Crippen LogP contribution in [0.5, 0.6) is 0 Å². The van der Waals surface area contributed by atoms with E-state index in [2.05, 4.69) is 9.97 Å². The van der Waals surface area contributed by atoms with Crippen LogP contribution in [0.2, 0.25) is 0 Å². The summed E-state index contributed by atoms with van der Waals surface area (Å²) >= 11 is -1.31. The Hall–Kier alpha value is -3.28. The molecule has 1 saturated heterocycles. The number of hydrogen-bond acceptors (Lipinski definition) is 6. The Bertz CT molecular complexity index is 1520. The van der Waals surface area contributed by atoms with Crippen molar-refractivity contribution in [2.45, 2.75) is 4.90 Å². The molecule has 180 valence electrons. The van der Waals surface area contributed by atoms with Crippen molar-refractivity contribution in [3.05, 3.63) is 72.4 Å². The van der Waals surface area contributed by atoms with Crippen LogP contribution in [-0.4, -0.2) is 69.2 Å². The molecule has 1 atom stereocenters. The van der Waals surface area contributed by atoms with Crippen molar-refractivity contribution in [3.63, 3.8) is 0 Å². The number of fused-ring (bicyclic) bond motifs is 1. The SMILES string of the molecule is C[S+]([O-])c1cn(-c2ncc(-c3ccccc3F)cn2)c2cc(C(=O)N3CCS(=O)(=O)CC3)ccc12. The molecule has 1 aliphatic heterocycles. The van der Waals surface area contributed by atoms with Gasteiger partial charge >= 0.3 is 0 Å². The summed E-state index contributed by atoms with van der Waals surface area (Å²) in [6.07, 6.45) is 6.26. The number of amides is 1. The van der Waals surface area contributed by atoms with Crippen molar-refractivity contribution < 1.29 is 22.2 Å². The van der Waals surface area contributed by atoms with Gasteiger partial charge in [0.2, 0.25) is 5.95 Å². The Kier molecular flexibility index (Phi) is 6.07. The molecular weight excluding hydrogens is 491 g/mol. The van der Waals surface area contributed by atoms with Crippen molar-refractivity contribution in [1.29, 1.82) is 0 Å². The van der Waals surface area contributed by atoms with Crippen LogP contribution in [0.4, 0.5) is 4.39 Å². The lowest BCUT2D eigenvalue weighted by molar-refractivity contribution is 0.0770. The fourth-order valence-corrected chi connectivity index (χ4v) is 6.04. The normalized spacial score (nSPS) is 16.4. The Morgan fingerprint density at radius 2 is 1.77 bits per heavy atom. The standard InChI is InChI=1S/C24H21FN4O4S2/c1-34(31)22-15-29(24-26-13-17(14-27-24)18-4-2-3-5-20(18)25)21-12-16(6-7-19(21)22)23(30)28-8-10-35(32,33)11-9-28/h2-7,12-15H,8-11H2,1H3. The molecule has 2 aromatic heterocycles. The molecule has 0 saturated carbocycles. The highest BCUT2D eigenvalue weighted by Crippen LogP contribution is 2.29. The van der Waals surface area contributed by atoms with Crippen molar-refractivity contribution >= 4 is 37.8 Å². The molecule has 4 aromatic rings. The van der Waals surface area contributed by atoms with Gasteiger partial charge in [-0.25, -0.2) is 22.8 Å². The molecule has 11 heteroatoms. The minimum atomic E-state index is -3.11. The first-order valence-electron chi connectivity index (χ1n) is 10.8. The minimum Gasteiger partial charge on any atom is -0.612 e. The molecule has 0 radical (unpaired) electrons. The van der Waals surface area contributed by atoms with Gasteiger partial charge in [0, 0.05) is 42.2 Å². The van der Waals surface area contributed by atoms with Crippen LogP contribution in [0.1, 0.15) is 10.4 Å². The zero-order valence-electron chi connectivity index (χ0n) is 18.7. The van der Waals surface area contributed by atoms with E-state index in [9.17, 15) is 22.2 Å². The summed E-state index contributed by atoms with van der Waals surface area (Å²) in [5.41, 5.74) is 1.86. The van der Waals surface area contributed by atoms with Crippen LogP contribution < -0.4 is 0 Å². The first-order valence-corrected chi connectivity index (χ1v) is 14.2. The number of carbonyl (C=O) groups excluding carboxylic acids is 1. The van der Waals surface area contributed by atoms with Crippen LogP contribution in [0.3, 0.4) is 0 Å². The number of benzene rings is 2. The summed E-state index contributed by atoms with van der Waals surface area (Å²) in [6, 6.07) is 11.4.